The van der Waals surface area contributed by atoms with E-state index < -0.39 is 15.1 Å². The maximum absolute atomic E-state index is 13.2. The molecule has 0 saturated heterocycles. The van der Waals surface area contributed by atoms with Crippen LogP contribution in [0.4, 0.5) is 11.4 Å². The normalized spacial score (nSPS) is 16.6. The molecule has 1 heterocycles. The Morgan fingerprint density at radius 3 is 2.48 bits per heavy atom. The Morgan fingerprint density at radius 2 is 1.84 bits per heavy atom. The van der Waals surface area contributed by atoms with E-state index in [0.717, 1.165) is 29.8 Å². The predicted octanol–water partition coefficient (Wildman–Crippen LogP) is 3.59. The van der Waals surface area contributed by atoms with Gasteiger partial charge in [0.05, 0.1) is 10.1 Å². The van der Waals surface area contributed by atoms with Crippen LogP contribution >= 0.6 is 0 Å². The van der Waals surface area contributed by atoms with Gasteiger partial charge >= 0.3 is 0 Å². The van der Waals surface area contributed by atoms with Crippen LogP contribution in [0.2, 0.25) is 0 Å². The number of hydrogen-bond acceptors (Lipinski definition) is 4. The van der Waals surface area contributed by atoms with Crippen molar-refractivity contribution in [2.24, 2.45) is 5.92 Å². The fourth-order valence-electron chi connectivity index (χ4n) is 4.14. The summed E-state index contributed by atoms with van der Waals surface area (Å²) in [6.45, 7) is 4.53. The second-order valence-electron chi connectivity index (χ2n) is 8.34. The molecule has 0 aromatic heterocycles. The highest BCUT2D eigenvalue weighted by atomic mass is 32.2. The van der Waals surface area contributed by atoms with Crippen molar-refractivity contribution in [1.82, 2.24) is 0 Å². The van der Waals surface area contributed by atoms with Crippen LogP contribution in [0.5, 0.6) is 0 Å². The van der Waals surface area contributed by atoms with Crippen molar-refractivity contribution < 1.29 is 18.0 Å². The minimum absolute atomic E-state index is 0.0888. The fraction of sp³-hybridized carbons (Fsp3) is 0.417. The van der Waals surface area contributed by atoms with E-state index in [2.05, 4.69) is 0 Å². The van der Waals surface area contributed by atoms with Crippen molar-refractivity contribution >= 4 is 33.0 Å². The summed E-state index contributed by atoms with van der Waals surface area (Å²) < 4.78 is 26.4. The summed E-state index contributed by atoms with van der Waals surface area (Å²) in [5.74, 6) is 0.0625. The third kappa shape index (κ3) is 4.24. The quantitative estimate of drug-likeness (QED) is 0.659. The van der Waals surface area contributed by atoms with Gasteiger partial charge in [0.2, 0.25) is 11.8 Å². The molecule has 31 heavy (non-hydrogen) atoms. The van der Waals surface area contributed by atoms with E-state index in [1.54, 1.807) is 34.9 Å². The van der Waals surface area contributed by atoms with Gasteiger partial charge in [0, 0.05) is 36.8 Å². The van der Waals surface area contributed by atoms with E-state index in [4.69, 9.17) is 0 Å². The van der Waals surface area contributed by atoms with Crippen molar-refractivity contribution in [2.45, 2.75) is 49.7 Å². The number of anilines is 2. The fourth-order valence-corrected chi connectivity index (χ4v) is 5.53. The predicted molar refractivity (Wildman–Crippen MR) is 121 cm³/mol. The SMILES string of the molecule is CCN(C(=O)C[C@H](C)S(=O)(=O)c1ccc2c(c1)CCN2C(=O)C1CC1)c1ccccc1. The molecule has 6 nitrogen and oxygen atoms in total. The molecule has 7 heteroatoms. The number of carbonyl (C=O) groups excluding carboxylic acids is 2. The lowest BCUT2D eigenvalue weighted by Crippen LogP contribution is -2.34. The number of benzene rings is 2. The van der Waals surface area contributed by atoms with Gasteiger partial charge in [0.25, 0.3) is 0 Å². The molecular formula is C24H28N2O4S. The zero-order valence-electron chi connectivity index (χ0n) is 18.0. The standard InChI is InChI=1S/C24H28N2O4S/c1-3-25(20-7-5-4-6-8-20)23(27)15-17(2)31(29,30)21-11-12-22-19(16-21)13-14-26(22)24(28)18-9-10-18/h4-8,11-12,16-18H,3,9-10,13-15H2,1-2H3/t17-/m0/s1. The van der Waals surface area contributed by atoms with E-state index in [1.807, 2.05) is 37.3 Å². The van der Waals surface area contributed by atoms with Gasteiger partial charge in [0.15, 0.2) is 9.84 Å². The molecule has 0 spiro atoms. The summed E-state index contributed by atoms with van der Waals surface area (Å²) in [5.41, 5.74) is 2.46. The Bertz CT molecular complexity index is 1090. The molecule has 1 fully saturated rings. The van der Waals surface area contributed by atoms with Crippen LogP contribution in [-0.2, 0) is 25.8 Å². The molecule has 0 radical (unpaired) electrons. The van der Waals surface area contributed by atoms with Crippen molar-refractivity contribution in [3.8, 4) is 0 Å². The first-order valence-corrected chi connectivity index (χ1v) is 12.4. The number of fused-ring (bicyclic) bond motifs is 1. The molecule has 164 valence electrons. The molecule has 0 N–H and O–H groups in total. The van der Waals surface area contributed by atoms with Crippen LogP contribution in [0.25, 0.3) is 0 Å². The average molecular weight is 441 g/mol. The molecule has 0 unspecified atom stereocenters. The lowest BCUT2D eigenvalue weighted by atomic mass is 10.2. The second-order valence-corrected chi connectivity index (χ2v) is 10.7. The number of amides is 2. The van der Waals surface area contributed by atoms with Crippen molar-refractivity contribution in [3.05, 3.63) is 54.1 Å². The lowest BCUT2D eigenvalue weighted by Gasteiger charge is -2.23. The summed E-state index contributed by atoms with van der Waals surface area (Å²) in [6, 6.07) is 14.3. The van der Waals surface area contributed by atoms with Crippen LogP contribution in [0.1, 0.15) is 38.7 Å². The van der Waals surface area contributed by atoms with Gasteiger partial charge < -0.3 is 9.80 Å². The molecule has 1 atom stereocenters. The van der Waals surface area contributed by atoms with Gasteiger partial charge in [-0.3, -0.25) is 9.59 Å². The van der Waals surface area contributed by atoms with Crippen molar-refractivity contribution in [3.63, 3.8) is 0 Å². The topological polar surface area (TPSA) is 74.8 Å². The number of hydrogen-bond donors (Lipinski definition) is 0. The van der Waals surface area contributed by atoms with Gasteiger partial charge in [-0.1, -0.05) is 18.2 Å². The Labute approximate surface area is 183 Å². The van der Waals surface area contributed by atoms with Gasteiger partial charge in [-0.15, -0.1) is 0 Å². The maximum atomic E-state index is 13.2. The highest BCUT2D eigenvalue weighted by Gasteiger charge is 2.37. The van der Waals surface area contributed by atoms with E-state index in [-0.39, 0.29) is 29.0 Å². The molecule has 1 aliphatic heterocycles. The third-order valence-electron chi connectivity index (χ3n) is 6.14. The lowest BCUT2D eigenvalue weighted by molar-refractivity contribution is -0.120. The Hall–Kier alpha value is -2.67. The zero-order chi connectivity index (χ0) is 22.2. The number of sulfone groups is 1. The van der Waals surface area contributed by atoms with E-state index in [0.29, 0.717) is 19.5 Å². The van der Waals surface area contributed by atoms with E-state index >= 15 is 0 Å². The minimum Gasteiger partial charge on any atom is -0.313 e. The first kappa shape index (κ1) is 21.6. The van der Waals surface area contributed by atoms with Crippen LogP contribution in [-0.4, -0.2) is 38.6 Å². The first-order valence-electron chi connectivity index (χ1n) is 10.9. The van der Waals surface area contributed by atoms with Gasteiger partial charge in [-0.25, -0.2) is 8.42 Å². The van der Waals surface area contributed by atoms with Gasteiger partial charge in [-0.2, -0.15) is 0 Å². The Kier molecular flexibility index (Phi) is 5.88. The molecule has 1 saturated carbocycles. The molecule has 2 aromatic rings. The van der Waals surface area contributed by atoms with Crippen LogP contribution < -0.4 is 9.80 Å². The maximum Gasteiger partial charge on any atom is 0.230 e. The smallest absolute Gasteiger partial charge is 0.230 e. The molecule has 1 aliphatic carbocycles. The zero-order valence-corrected chi connectivity index (χ0v) is 18.8. The molecule has 0 bridgehead atoms. The van der Waals surface area contributed by atoms with Gasteiger partial charge in [0.1, 0.15) is 0 Å². The summed E-state index contributed by atoms with van der Waals surface area (Å²) in [5, 5.41) is -0.846. The Balaban J connectivity index is 1.50. The van der Waals surface area contributed by atoms with Crippen molar-refractivity contribution in [2.75, 3.05) is 22.9 Å². The molecule has 2 amide bonds. The number of nitrogens with zero attached hydrogens (tertiary/aromatic N) is 2. The number of para-hydroxylation sites is 1. The highest BCUT2D eigenvalue weighted by molar-refractivity contribution is 7.92. The molecule has 2 aromatic carbocycles. The van der Waals surface area contributed by atoms with Crippen LogP contribution in [0, 0.1) is 5.92 Å². The van der Waals surface area contributed by atoms with Gasteiger partial charge in [-0.05, 0) is 69.0 Å². The average Bonchev–Trinajstić information content (AvgIpc) is 3.53. The third-order valence-corrected chi connectivity index (χ3v) is 8.28. The molecule has 2 aliphatic rings. The molecular weight excluding hydrogens is 412 g/mol. The van der Waals surface area contributed by atoms with E-state index in [1.165, 1.54) is 0 Å². The first-order chi connectivity index (χ1) is 14.8. The van der Waals surface area contributed by atoms with Crippen LogP contribution in [0.15, 0.2) is 53.4 Å². The number of rotatable bonds is 7. The summed E-state index contributed by atoms with van der Waals surface area (Å²) in [6.07, 6.45) is 2.46. The minimum atomic E-state index is -3.67. The molecule has 4 rings (SSSR count). The number of carbonyl (C=O) groups is 2. The Morgan fingerprint density at radius 1 is 1.13 bits per heavy atom. The van der Waals surface area contributed by atoms with Crippen molar-refractivity contribution in [1.29, 1.82) is 0 Å². The second kappa shape index (κ2) is 8.46. The summed E-state index contributed by atoms with van der Waals surface area (Å²) in [4.78, 5) is 28.9. The monoisotopic (exact) mass is 440 g/mol. The summed E-state index contributed by atoms with van der Waals surface area (Å²) in [7, 11) is -3.67. The van der Waals surface area contributed by atoms with E-state index in [9.17, 15) is 18.0 Å². The van der Waals surface area contributed by atoms with Crippen LogP contribution in [0.3, 0.4) is 0 Å². The summed E-state index contributed by atoms with van der Waals surface area (Å²) >= 11 is 0. The largest absolute Gasteiger partial charge is 0.313 e. The highest BCUT2D eigenvalue weighted by Crippen LogP contribution is 2.37.